The normalized spacial score (nSPS) is 13.6. The van der Waals surface area contributed by atoms with Gasteiger partial charge in [0.05, 0.1) is 19.1 Å². The first-order chi connectivity index (χ1) is 11.1. The van der Waals surface area contributed by atoms with Gasteiger partial charge in [-0.05, 0) is 30.3 Å². The summed E-state index contributed by atoms with van der Waals surface area (Å²) in [4.78, 5) is 18.0. The van der Waals surface area contributed by atoms with Crippen LogP contribution in [0.3, 0.4) is 0 Å². The van der Waals surface area contributed by atoms with Gasteiger partial charge in [0.2, 0.25) is 0 Å². The fourth-order valence-corrected chi connectivity index (χ4v) is 2.54. The molecule has 122 valence electrons. The Balaban J connectivity index is 2.08. The van der Waals surface area contributed by atoms with Gasteiger partial charge in [-0.25, -0.2) is 0 Å². The highest BCUT2D eigenvalue weighted by molar-refractivity contribution is 5.73. The summed E-state index contributed by atoms with van der Waals surface area (Å²) in [5, 5.41) is 10.5. The van der Waals surface area contributed by atoms with Crippen molar-refractivity contribution >= 4 is 5.97 Å². The van der Waals surface area contributed by atoms with Crippen LogP contribution in [0.2, 0.25) is 0 Å². The molecule has 0 aliphatic carbocycles. The predicted molar refractivity (Wildman–Crippen MR) is 87.5 cm³/mol. The molecule has 0 aliphatic rings. The second-order valence-corrected chi connectivity index (χ2v) is 5.54. The van der Waals surface area contributed by atoms with Gasteiger partial charge >= 0.3 is 5.97 Å². The van der Waals surface area contributed by atoms with Crippen LogP contribution in [0.25, 0.3) is 0 Å². The van der Waals surface area contributed by atoms with E-state index in [2.05, 4.69) is 4.98 Å². The quantitative estimate of drug-likeness (QED) is 0.792. The number of ether oxygens (including phenoxy) is 1. The Morgan fingerprint density at radius 3 is 2.48 bits per heavy atom. The molecule has 0 spiro atoms. The summed E-state index contributed by atoms with van der Waals surface area (Å²) in [5.74, 6) is -1.08. The van der Waals surface area contributed by atoms with Gasteiger partial charge in [-0.1, -0.05) is 30.3 Å². The van der Waals surface area contributed by atoms with Gasteiger partial charge in [0.1, 0.15) is 0 Å². The zero-order valence-corrected chi connectivity index (χ0v) is 13.4. The maximum absolute atomic E-state index is 12.1. The molecule has 0 saturated carbocycles. The molecule has 2 aromatic rings. The monoisotopic (exact) mass is 314 g/mol. The van der Waals surface area contributed by atoms with Crippen LogP contribution >= 0.6 is 0 Å². The molecule has 5 nitrogen and oxygen atoms in total. The smallest absolute Gasteiger partial charge is 0.312 e. The third-order valence-corrected chi connectivity index (χ3v) is 3.74. The summed E-state index contributed by atoms with van der Waals surface area (Å²) < 4.78 is 4.86. The van der Waals surface area contributed by atoms with Crippen LogP contribution in [-0.4, -0.2) is 41.7 Å². The molecule has 0 radical (unpaired) electrons. The van der Waals surface area contributed by atoms with Gasteiger partial charge in [-0.15, -0.1) is 0 Å². The van der Waals surface area contributed by atoms with Crippen LogP contribution in [0.5, 0.6) is 0 Å². The average Bonchev–Trinajstić information content (AvgIpc) is 2.60. The molecule has 2 rings (SSSR count). The van der Waals surface area contributed by atoms with Crippen molar-refractivity contribution in [3.8, 4) is 0 Å². The van der Waals surface area contributed by atoms with Crippen LogP contribution in [0, 0.1) is 5.92 Å². The van der Waals surface area contributed by atoms with Gasteiger partial charge in [-0.3, -0.25) is 9.78 Å². The molecule has 0 fully saturated rings. The molecule has 0 saturated heterocycles. The van der Waals surface area contributed by atoms with Crippen molar-refractivity contribution in [2.75, 3.05) is 20.7 Å². The Labute approximate surface area is 136 Å². The van der Waals surface area contributed by atoms with Crippen molar-refractivity contribution < 1.29 is 14.6 Å². The summed E-state index contributed by atoms with van der Waals surface area (Å²) in [6.45, 7) is 1.09. The number of hydrogen-bond donors (Lipinski definition) is 1. The lowest BCUT2D eigenvalue weighted by molar-refractivity contribution is -0.150. The van der Waals surface area contributed by atoms with E-state index < -0.39 is 18.0 Å². The van der Waals surface area contributed by atoms with Crippen molar-refractivity contribution in [1.29, 1.82) is 0 Å². The Morgan fingerprint density at radius 1 is 1.22 bits per heavy atom. The fraction of sp³-hybridized carbons (Fsp3) is 0.333. The molecule has 1 heterocycles. The number of aliphatic hydroxyl groups is 1. The summed E-state index contributed by atoms with van der Waals surface area (Å²) in [7, 11) is 3.26. The van der Waals surface area contributed by atoms with Gasteiger partial charge in [0, 0.05) is 25.5 Å². The Kier molecular flexibility index (Phi) is 6.26. The molecule has 0 unspecified atom stereocenters. The molecule has 1 N–H and O–H groups in total. The van der Waals surface area contributed by atoms with Crippen molar-refractivity contribution in [3.63, 3.8) is 0 Å². The minimum Gasteiger partial charge on any atom is -0.469 e. The molecule has 5 heteroatoms. The van der Waals surface area contributed by atoms with E-state index in [-0.39, 0.29) is 0 Å². The van der Waals surface area contributed by atoms with Crippen molar-refractivity contribution in [3.05, 3.63) is 66.0 Å². The average molecular weight is 314 g/mol. The van der Waals surface area contributed by atoms with Gasteiger partial charge in [0.25, 0.3) is 0 Å². The molecule has 1 aromatic heterocycles. The SMILES string of the molecule is COC(=O)[C@H](CN(C)Cc1ccccc1)[C@H](O)c1ccncc1. The van der Waals surface area contributed by atoms with Crippen LogP contribution in [0.4, 0.5) is 0 Å². The van der Waals surface area contributed by atoms with Gasteiger partial charge < -0.3 is 14.7 Å². The molecule has 23 heavy (non-hydrogen) atoms. The number of methoxy groups -OCH3 is 1. The van der Waals surface area contributed by atoms with E-state index in [1.165, 1.54) is 7.11 Å². The van der Waals surface area contributed by atoms with Crippen molar-refractivity contribution in [1.82, 2.24) is 9.88 Å². The van der Waals surface area contributed by atoms with Crippen molar-refractivity contribution in [2.24, 2.45) is 5.92 Å². The number of carbonyl (C=O) groups is 1. The largest absolute Gasteiger partial charge is 0.469 e. The highest BCUT2D eigenvalue weighted by atomic mass is 16.5. The maximum atomic E-state index is 12.1. The maximum Gasteiger partial charge on any atom is 0.312 e. The Hall–Kier alpha value is -2.24. The number of esters is 1. The summed E-state index contributed by atoms with van der Waals surface area (Å²) in [6, 6.07) is 13.4. The van der Waals surface area contributed by atoms with Gasteiger partial charge in [-0.2, -0.15) is 0 Å². The predicted octanol–water partition coefficient (Wildman–Crippen LogP) is 2.04. The zero-order valence-electron chi connectivity index (χ0n) is 13.4. The van der Waals surface area contributed by atoms with Gasteiger partial charge in [0.15, 0.2) is 0 Å². The first-order valence-electron chi connectivity index (χ1n) is 7.50. The summed E-state index contributed by atoms with van der Waals surface area (Å²) >= 11 is 0. The fourth-order valence-electron chi connectivity index (χ4n) is 2.54. The van der Waals surface area contributed by atoms with Crippen LogP contribution in [0.1, 0.15) is 17.2 Å². The number of pyridine rings is 1. The lowest BCUT2D eigenvalue weighted by atomic mass is 9.95. The van der Waals surface area contributed by atoms with E-state index in [1.54, 1.807) is 24.5 Å². The lowest BCUT2D eigenvalue weighted by Crippen LogP contribution is -2.35. The van der Waals surface area contributed by atoms with E-state index in [4.69, 9.17) is 4.74 Å². The zero-order chi connectivity index (χ0) is 16.7. The van der Waals surface area contributed by atoms with Crippen molar-refractivity contribution in [2.45, 2.75) is 12.6 Å². The molecule has 0 bridgehead atoms. The number of hydrogen-bond acceptors (Lipinski definition) is 5. The highest BCUT2D eigenvalue weighted by Gasteiger charge is 2.30. The second-order valence-electron chi connectivity index (χ2n) is 5.54. The minimum atomic E-state index is -0.927. The molecule has 0 aliphatic heterocycles. The number of benzene rings is 1. The van der Waals surface area contributed by atoms with Crippen LogP contribution in [0.15, 0.2) is 54.9 Å². The van der Waals surface area contributed by atoms with E-state index in [1.807, 2.05) is 42.3 Å². The molecular formula is C18H22N2O3. The Bertz CT molecular complexity index is 604. The second kappa shape index (κ2) is 8.41. The third-order valence-electron chi connectivity index (χ3n) is 3.74. The molecule has 1 aromatic carbocycles. The first-order valence-corrected chi connectivity index (χ1v) is 7.50. The highest BCUT2D eigenvalue weighted by Crippen LogP contribution is 2.24. The van der Waals surface area contributed by atoms with Crippen LogP contribution < -0.4 is 0 Å². The van der Waals surface area contributed by atoms with E-state index >= 15 is 0 Å². The standard InChI is InChI=1S/C18H22N2O3/c1-20(12-14-6-4-3-5-7-14)13-16(18(22)23-2)17(21)15-8-10-19-11-9-15/h3-11,16-17,21H,12-13H2,1-2H3/t16-,17-/m1/s1. The molecule has 2 atom stereocenters. The third kappa shape index (κ3) is 4.87. The molecular weight excluding hydrogens is 292 g/mol. The Morgan fingerprint density at radius 2 is 1.87 bits per heavy atom. The summed E-state index contributed by atoms with van der Waals surface area (Å²) in [5.41, 5.74) is 1.81. The number of aromatic nitrogens is 1. The molecule has 0 amide bonds. The number of rotatable bonds is 7. The lowest BCUT2D eigenvalue weighted by Gasteiger charge is -2.26. The summed E-state index contributed by atoms with van der Waals surface area (Å²) in [6.07, 6.45) is 2.27. The number of carbonyl (C=O) groups excluding carboxylic acids is 1. The minimum absolute atomic E-state index is 0.394. The topological polar surface area (TPSA) is 62.7 Å². The number of aliphatic hydroxyl groups excluding tert-OH is 1. The van der Waals surface area contributed by atoms with E-state index in [0.717, 1.165) is 5.56 Å². The van der Waals surface area contributed by atoms with E-state index in [9.17, 15) is 9.90 Å². The number of nitrogens with zero attached hydrogens (tertiary/aromatic N) is 2. The van der Waals surface area contributed by atoms with Crippen LogP contribution in [-0.2, 0) is 16.1 Å². The van der Waals surface area contributed by atoms with E-state index in [0.29, 0.717) is 18.7 Å². The first kappa shape index (κ1) is 17.1.